The topological polar surface area (TPSA) is 331 Å². The zero-order chi connectivity index (χ0) is 45.0. The Hall–Kier alpha value is -7.06. The van der Waals surface area contributed by atoms with E-state index in [-0.39, 0.29) is 78.6 Å². The van der Waals surface area contributed by atoms with Crippen LogP contribution in [0.3, 0.4) is 0 Å². The standard InChI is InChI=1S/C39H43N13O9S2/c1-24-43-36(45-29-12-8-27(9-13-29)40-16-19-53)51-37(44-24)47-31-6-4-25(33(22-31)62(56,57)58)2-3-26-5-7-32(23-34(26)63(59,60)61)48-39-50-35(42-18-21-55)49-38(52-39)46-30-14-10-28(11-15-30)41-17-20-54/h2-15,22-23,40-41,53-55H,16-21H2,1H3,(H,56,57,58)(H,59,60,61)(H2,43,44,45,47,51)(H3,42,46,48,49,50,52). The van der Waals surface area contributed by atoms with Gasteiger partial charge in [-0.25, -0.2) is 0 Å². The maximum Gasteiger partial charge on any atom is 0.295 e. The van der Waals surface area contributed by atoms with Gasteiger partial charge in [0.15, 0.2) is 0 Å². The van der Waals surface area contributed by atoms with Crippen LogP contribution in [0.4, 0.5) is 63.9 Å². The summed E-state index contributed by atoms with van der Waals surface area (Å²) in [5.74, 6) is 0.708. The molecule has 24 heteroatoms. The van der Waals surface area contributed by atoms with E-state index in [1.807, 2.05) is 0 Å². The maximum atomic E-state index is 12.6. The molecular weight excluding hydrogens is 859 g/mol. The van der Waals surface area contributed by atoms with Crippen molar-refractivity contribution in [3.05, 3.63) is 102 Å². The molecule has 2 heterocycles. The summed E-state index contributed by atoms with van der Waals surface area (Å²) in [6, 6.07) is 22.2. The normalized spacial score (nSPS) is 11.6. The molecule has 6 aromatic rings. The molecule has 0 radical (unpaired) electrons. The Balaban J connectivity index is 1.22. The highest BCUT2D eigenvalue weighted by Gasteiger charge is 2.19. The van der Waals surface area contributed by atoms with Crippen LogP contribution in [-0.2, 0) is 20.2 Å². The predicted octanol–water partition coefficient (Wildman–Crippen LogP) is 4.22. The van der Waals surface area contributed by atoms with E-state index in [1.54, 1.807) is 55.5 Å². The number of benzene rings is 4. The first-order valence-corrected chi connectivity index (χ1v) is 21.8. The molecule has 0 aliphatic heterocycles. The Morgan fingerprint density at radius 3 is 1.14 bits per heavy atom. The maximum absolute atomic E-state index is 12.6. The van der Waals surface area contributed by atoms with E-state index in [4.69, 9.17) is 10.2 Å². The van der Waals surface area contributed by atoms with Gasteiger partial charge in [-0.05, 0) is 90.8 Å². The third kappa shape index (κ3) is 13.2. The van der Waals surface area contributed by atoms with E-state index in [9.17, 15) is 31.0 Å². The molecule has 0 atom stereocenters. The molecule has 63 heavy (non-hydrogen) atoms. The van der Waals surface area contributed by atoms with E-state index in [0.717, 1.165) is 23.5 Å². The van der Waals surface area contributed by atoms with Crippen molar-refractivity contribution in [2.45, 2.75) is 16.7 Å². The van der Waals surface area contributed by atoms with Crippen LogP contribution >= 0.6 is 0 Å². The molecule has 0 saturated heterocycles. The van der Waals surface area contributed by atoms with E-state index in [1.165, 1.54) is 36.4 Å². The van der Waals surface area contributed by atoms with Crippen molar-refractivity contribution >= 4 is 96.3 Å². The number of aryl methyl sites for hydroxylation is 1. The second-order valence-electron chi connectivity index (χ2n) is 13.2. The fourth-order valence-electron chi connectivity index (χ4n) is 5.71. The lowest BCUT2D eigenvalue weighted by Gasteiger charge is -2.13. The molecule has 0 fully saturated rings. The van der Waals surface area contributed by atoms with Gasteiger partial charge in [0.1, 0.15) is 15.6 Å². The third-order valence-corrected chi connectivity index (χ3v) is 10.3. The van der Waals surface area contributed by atoms with Crippen molar-refractivity contribution in [3.8, 4) is 0 Å². The lowest BCUT2D eigenvalue weighted by molar-refractivity contribution is 0.310. The first-order valence-electron chi connectivity index (χ1n) is 18.9. The van der Waals surface area contributed by atoms with Crippen LogP contribution in [0.25, 0.3) is 12.2 Å². The summed E-state index contributed by atoms with van der Waals surface area (Å²) in [7, 11) is -9.72. The summed E-state index contributed by atoms with van der Waals surface area (Å²) in [6.07, 6.45) is 2.50. The van der Waals surface area contributed by atoms with Gasteiger partial charge < -0.3 is 52.5 Å². The first-order chi connectivity index (χ1) is 30.2. The van der Waals surface area contributed by atoms with E-state index in [0.29, 0.717) is 30.3 Å². The van der Waals surface area contributed by atoms with Crippen molar-refractivity contribution in [2.24, 2.45) is 0 Å². The SMILES string of the molecule is Cc1nc(Nc2ccc(NCCO)cc2)nc(Nc2ccc(C=Cc3ccc(Nc4nc(NCCO)nc(Nc5ccc(NCCO)cc5)n4)cc3S(=O)(=O)O)c(S(=O)(=O)O)c2)n1. The summed E-state index contributed by atoms with van der Waals surface area (Å²) in [5.41, 5.74) is 3.10. The third-order valence-electron chi connectivity index (χ3n) is 8.48. The number of aliphatic hydroxyl groups is 3. The van der Waals surface area contributed by atoms with E-state index >= 15 is 0 Å². The number of rotatable bonds is 21. The first kappa shape index (κ1) is 45.5. The Morgan fingerprint density at radius 2 is 0.762 bits per heavy atom. The monoisotopic (exact) mass is 901 g/mol. The number of nitrogens with zero attached hydrogens (tertiary/aromatic N) is 6. The Bertz CT molecular complexity index is 2780. The fourth-order valence-corrected chi connectivity index (χ4v) is 7.13. The van der Waals surface area contributed by atoms with Gasteiger partial charge in [0.2, 0.25) is 29.7 Å². The van der Waals surface area contributed by atoms with Crippen LogP contribution in [0.1, 0.15) is 17.0 Å². The van der Waals surface area contributed by atoms with Gasteiger partial charge in [0.25, 0.3) is 20.2 Å². The highest BCUT2D eigenvalue weighted by Crippen LogP contribution is 2.29. The number of aliphatic hydroxyl groups excluding tert-OH is 3. The molecule has 22 nitrogen and oxygen atoms in total. The number of hydrogen-bond acceptors (Lipinski definition) is 20. The smallest absolute Gasteiger partial charge is 0.295 e. The van der Waals surface area contributed by atoms with Crippen molar-refractivity contribution in [2.75, 3.05) is 76.7 Å². The molecule has 0 saturated carbocycles. The minimum absolute atomic E-state index is 0.0134. The summed E-state index contributed by atoms with van der Waals surface area (Å²) >= 11 is 0. The van der Waals surface area contributed by atoms with Gasteiger partial charge >= 0.3 is 0 Å². The Kier molecular flexibility index (Phi) is 14.9. The zero-order valence-electron chi connectivity index (χ0n) is 33.3. The van der Waals surface area contributed by atoms with E-state index < -0.39 is 30.0 Å². The second kappa shape index (κ2) is 20.7. The average molecular weight is 902 g/mol. The number of anilines is 11. The van der Waals surface area contributed by atoms with Gasteiger partial charge in [-0.1, -0.05) is 24.3 Å². The molecular formula is C39H43N13O9S2. The molecule has 0 amide bonds. The van der Waals surface area contributed by atoms with Crippen molar-refractivity contribution in [1.82, 2.24) is 29.9 Å². The quantitative estimate of drug-likeness (QED) is 0.0355. The fraction of sp³-hybridized carbons (Fsp3) is 0.179. The molecule has 0 aliphatic rings. The lowest BCUT2D eigenvalue weighted by atomic mass is 10.1. The highest BCUT2D eigenvalue weighted by atomic mass is 32.2. The van der Waals surface area contributed by atoms with Gasteiger partial charge in [0, 0.05) is 53.8 Å². The molecule has 0 spiro atoms. The Morgan fingerprint density at radius 1 is 0.444 bits per heavy atom. The molecule has 2 aromatic heterocycles. The molecule has 12 N–H and O–H groups in total. The average Bonchev–Trinajstić information content (AvgIpc) is 3.24. The highest BCUT2D eigenvalue weighted by molar-refractivity contribution is 7.86. The lowest BCUT2D eigenvalue weighted by Crippen LogP contribution is -2.12. The minimum Gasteiger partial charge on any atom is -0.395 e. The summed E-state index contributed by atoms with van der Waals surface area (Å²) < 4.78 is 70.9. The zero-order valence-corrected chi connectivity index (χ0v) is 35.0. The number of aromatic nitrogens is 6. The number of nitrogens with one attached hydrogen (secondary N) is 7. The van der Waals surface area contributed by atoms with Crippen LogP contribution < -0.4 is 37.2 Å². The molecule has 0 aliphatic carbocycles. The van der Waals surface area contributed by atoms with Crippen LogP contribution in [0, 0.1) is 6.92 Å². The van der Waals surface area contributed by atoms with Crippen molar-refractivity contribution < 1.29 is 41.3 Å². The largest absolute Gasteiger partial charge is 0.395 e. The number of hydrogen-bond donors (Lipinski definition) is 12. The van der Waals surface area contributed by atoms with Crippen LogP contribution in [-0.4, -0.2) is 111 Å². The van der Waals surface area contributed by atoms with Crippen LogP contribution in [0.2, 0.25) is 0 Å². The predicted molar refractivity (Wildman–Crippen MR) is 239 cm³/mol. The molecule has 330 valence electrons. The molecule has 4 aromatic carbocycles. The van der Waals surface area contributed by atoms with Gasteiger partial charge in [-0.3, -0.25) is 9.11 Å². The van der Waals surface area contributed by atoms with Gasteiger partial charge in [0.05, 0.1) is 19.8 Å². The van der Waals surface area contributed by atoms with Crippen molar-refractivity contribution in [3.63, 3.8) is 0 Å². The molecule has 6 rings (SSSR count). The van der Waals surface area contributed by atoms with Gasteiger partial charge in [-0.15, -0.1) is 0 Å². The van der Waals surface area contributed by atoms with Crippen molar-refractivity contribution in [1.29, 1.82) is 0 Å². The Labute approximate surface area is 361 Å². The molecule has 0 bridgehead atoms. The summed E-state index contributed by atoms with van der Waals surface area (Å²) in [4.78, 5) is 24.8. The van der Waals surface area contributed by atoms with Crippen LogP contribution in [0.15, 0.2) is 94.7 Å². The second-order valence-corrected chi connectivity index (χ2v) is 16.0. The van der Waals surface area contributed by atoms with Gasteiger partial charge in [-0.2, -0.15) is 46.7 Å². The minimum atomic E-state index is -4.87. The van der Waals surface area contributed by atoms with E-state index in [2.05, 4.69) is 67.1 Å². The van der Waals surface area contributed by atoms with Crippen LogP contribution in [0.5, 0.6) is 0 Å². The summed E-state index contributed by atoms with van der Waals surface area (Å²) in [5, 5.41) is 48.3. The summed E-state index contributed by atoms with van der Waals surface area (Å²) in [6.45, 7) is 2.26. The molecule has 0 unspecified atom stereocenters.